The summed E-state index contributed by atoms with van der Waals surface area (Å²) in [7, 11) is 0. The Hall–Kier alpha value is -2.14. The van der Waals surface area contributed by atoms with E-state index in [9.17, 15) is 4.39 Å². The number of nitrogens with zero attached hydrogens (tertiary/aromatic N) is 1. The minimum atomic E-state index is -0.329. The van der Waals surface area contributed by atoms with Crippen molar-refractivity contribution in [3.8, 4) is 22.5 Å². The zero-order valence-electron chi connectivity index (χ0n) is 11.2. The summed E-state index contributed by atoms with van der Waals surface area (Å²) in [6, 6.07) is 12.1. The molecule has 0 aliphatic rings. The molecule has 3 nitrogen and oxygen atoms in total. The van der Waals surface area contributed by atoms with Crippen LogP contribution in [0.25, 0.3) is 22.5 Å². The molecule has 1 heterocycles. The van der Waals surface area contributed by atoms with E-state index in [1.165, 1.54) is 12.1 Å². The van der Waals surface area contributed by atoms with Crippen molar-refractivity contribution < 1.29 is 8.91 Å². The first-order valence-corrected chi connectivity index (χ1v) is 7.13. The molecule has 2 N–H and O–H groups in total. The Morgan fingerprint density at radius 3 is 2.76 bits per heavy atom. The van der Waals surface area contributed by atoms with Crippen LogP contribution in [-0.4, -0.2) is 5.16 Å². The molecule has 0 bridgehead atoms. The van der Waals surface area contributed by atoms with Crippen molar-refractivity contribution in [2.45, 2.75) is 6.92 Å². The maximum Gasteiger partial charge on any atom is 0.177 e. The largest absolute Gasteiger partial charge is 0.380 e. The van der Waals surface area contributed by atoms with Crippen molar-refractivity contribution in [1.82, 2.24) is 5.16 Å². The molecule has 21 heavy (non-hydrogen) atoms. The van der Waals surface area contributed by atoms with E-state index in [1.54, 1.807) is 12.1 Å². The summed E-state index contributed by atoms with van der Waals surface area (Å²) in [5.74, 6) is 0.455. The van der Waals surface area contributed by atoms with Gasteiger partial charge in [-0.3, -0.25) is 0 Å². The fourth-order valence-electron chi connectivity index (χ4n) is 2.25. The molecular formula is C16H12BrFN2O. The van der Waals surface area contributed by atoms with Crippen LogP contribution in [0.15, 0.2) is 51.5 Å². The summed E-state index contributed by atoms with van der Waals surface area (Å²) in [5.41, 5.74) is 9.05. The Labute approximate surface area is 129 Å². The molecule has 5 heteroatoms. The van der Waals surface area contributed by atoms with Crippen LogP contribution in [0.4, 0.5) is 10.2 Å². The van der Waals surface area contributed by atoms with Crippen molar-refractivity contribution in [3.63, 3.8) is 0 Å². The lowest BCUT2D eigenvalue weighted by atomic mass is 9.99. The van der Waals surface area contributed by atoms with Crippen molar-refractivity contribution in [3.05, 3.63) is 58.3 Å². The lowest BCUT2D eigenvalue weighted by Gasteiger charge is -2.06. The molecular weight excluding hydrogens is 335 g/mol. The van der Waals surface area contributed by atoms with Gasteiger partial charge in [-0.05, 0) is 42.3 Å². The highest BCUT2D eigenvalue weighted by Crippen LogP contribution is 2.38. The summed E-state index contributed by atoms with van der Waals surface area (Å²) < 4.78 is 19.8. The third-order valence-corrected chi connectivity index (χ3v) is 3.77. The number of aromatic nitrogens is 1. The van der Waals surface area contributed by atoms with E-state index in [-0.39, 0.29) is 11.6 Å². The van der Waals surface area contributed by atoms with Crippen LogP contribution >= 0.6 is 15.9 Å². The monoisotopic (exact) mass is 346 g/mol. The first-order chi connectivity index (χ1) is 10.1. The molecule has 0 saturated heterocycles. The first kappa shape index (κ1) is 13.8. The summed E-state index contributed by atoms with van der Waals surface area (Å²) in [5, 5.41) is 3.83. The van der Waals surface area contributed by atoms with Crippen molar-refractivity contribution in [2.24, 2.45) is 0 Å². The number of hydrogen-bond acceptors (Lipinski definition) is 3. The average molecular weight is 347 g/mol. The standard InChI is InChI=1S/C16H12BrFN2O/c1-9-5-6-11(17)8-13(9)15-14(16(19)20-21-15)10-3-2-4-12(18)7-10/h2-8H,1H3,(H2,19,20). The average Bonchev–Trinajstić information content (AvgIpc) is 2.83. The van der Waals surface area contributed by atoms with E-state index in [2.05, 4.69) is 21.1 Å². The predicted molar refractivity (Wildman–Crippen MR) is 84.2 cm³/mol. The van der Waals surface area contributed by atoms with Crippen LogP contribution in [0, 0.1) is 12.7 Å². The second kappa shape index (κ2) is 5.33. The number of aryl methyl sites for hydroxylation is 1. The quantitative estimate of drug-likeness (QED) is 0.724. The molecule has 0 aliphatic heterocycles. The van der Waals surface area contributed by atoms with E-state index in [0.717, 1.165) is 15.6 Å². The number of anilines is 1. The molecule has 0 spiro atoms. The molecule has 0 fully saturated rings. The molecule has 0 saturated carbocycles. The predicted octanol–water partition coefficient (Wildman–Crippen LogP) is 4.80. The normalized spacial score (nSPS) is 10.8. The van der Waals surface area contributed by atoms with Gasteiger partial charge in [-0.15, -0.1) is 0 Å². The van der Waals surface area contributed by atoms with Gasteiger partial charge in [0.2, 0.25) is 0 Å². The molecule has 3 rings (SSSR count). The zero-order valence-corrected chi connectivity index (χ0v) is 12.8. The molecule has 0 atom stereocenters. The number of nitrogens with two attached hydrogens (primary N) is 1. The van der Waals surface area contributed by atoms with E-state index < -0.39 is 0 Å². The molecule has 0 radical (unpaired) electrons. The second-order valence-corrected chi connectivity index (χ2v) is 5.66. The number of hydrogen-bond donors (Lipinski definition) is 1. The van der Waals surface area contributed by atoms with E-state index >= 15 is 0 Å². The molecule has 1 aromatic heterocycles. The van der Waals surface area contributed by atoms with Crippen LogP contribution in [0.5, 0.6) is 0 Å². The molecule has 3 aromatic rings. The van der Waals surface area contributed by atoms with Gasteiger partial charge in [-0.1, -0.05) is 39.3 Å². The first-order valence-electron chi connectivity index (χ1n) is 6.34. The van der Waals surface area contributed by atoms with Crippen molar-refractivity contribution >= 4 is 21.7 Å². The van der Waals surface area contributed by atoms with Crippen LogP contribution in [0.3, 0.4) is 0 Å². The van der Waals surface area contributed by atoms with Crippen LogP contribution in [0.1, 0.15) is 5.56 Å². The SMILES string of the molecule is Cc1ccc(Br)cc1-c1onc(N)c1-c1cccc(F)c1. The highest BCUT2D eigenvalue weighted by Gasteiger charge is 2.19. The van der Waals surface area contributed by atoms with Crippen LogP contribution < -0.4 is 5.73 Å². The molecule has 2 aromatic carbocycles. The number of benzene rings is 2. The third-order valence-electron chi connectivity index (χ3n) is 3.28. The maximum absolute atomic E-state index is 13.5. The Balaban J connectivity index is 2.24. The van der Waals surface area contributed by atoms with Gasteiger partial charge < -0.3 is 10.3 Å². The molecule has 0 unspecified atom stereocenters. The lowest BCUT2D eigenvalue weighted by Crippen LogP contribution is -1.90. The van der Waals surface area contributed by atoms with Gasteiger partial charge in [-0.25, -0.2) is 4.39 Å². The second-order valence-electron chi connectivity index (χ2n) is 4.74. The Morgan fingerprint density at radius 1 is 1.19 bits per heavy atom. The Kier molecular flexibility index (Phi) is 3.51. The molecule has 0 amide bonds. The van der Waals surface area contributed by atoms with Gasteiger partial charge in [0.1, 0.15) is 5.82 Å². The number of nitrogen functional groups attached to an aromatic ring is 1. The summed E-state index contributed by atoms with van der Waals surface area (Å²) in [4.78, 5) is 0. The van der Waals surface area contributed by atoms with Gasteiger partial charge in [-0.2, -0.15) is 0 Å². The van der Waals surface area contributed by atoms with Crippen LogP contribution in [0.2, 0.25) is 0 Å². The molecule has 106 valence electrons. The minimum Gasteiger partial charge on any atom is -0.380 e. The van der Waals surface area contributed by atoms with Gasteiger partial charge in [0, 0.05) is 10.0 Å². The summed E-state index contributed by atoms with van der Waals surface area (Å²) in [6.07, 6.45) is 0. The summed E-state index contributed by atoms with van der Waals surface area (Å²) in [6.45, 7) is 1.97. The maximum atomic E-state index is 13.5. The van der Waals surface area contributed by atoms with Gasteiger partial charge in [0.25, 0.3) is 0 Å². The van der Waals surface area contributed by atoms with E-state index in [4.69, 9.17) is 10.3 Å². The smallest absolute Gasteiger partial charge is 0.177 e. The highest BCUT2D eigenvalue weighted by molar-refractivity contribution is 9.10. The molecule has 0 aliphatic carbocycles. The van der Waals surface area contributed by atoms with Crippen molar-refractivity contribution in [1.29, 1.82) is 0 Å². The Bertz CT molecular complexity index is 814. The number of halogens is 2. The summed E-state index contributed by atoms with van der Waals surface area (Å²) >= 11 is 3.44. The third kappa shape index (κ3) is 2.56. The highest BCUT2D eigenvalue weighted by atomic mass is 79.9. The van der Waals surface area contributed by atoms with E-state index in [0.29, 0.717) is 16.9 Å². The topological polar surface area (TPSA) is 52.0 Å². The van der Waals surface area contributed by atoms with Crippen LogP contribution in [-0.2, 0) is 0 Å². The van der Waals surface area contributed by atoms with Crippen molar-refractivity contribution in [2.75, 3.05) is 5.73 Å². The number of rotatable bonds is 2. The lowest BCUT2D eigenvalue weighted by molar-refractivity contribution is 0.436. The fourth-order valence-corrected chi connectivity index (χ4v) is 2.61. The van der Waals surface area contributed by atoms with E-state index in [1.807, 2.05) is 25.1 Å². The Morgan fingerprint density at radius 2 is 2.00 bits per heavy atom. The minimum absolute atomic E-state index is 0.245. The zero-order chi connectivity index (χ0) is 15.0. The van der Waals surface area contributed by atoms with Gasteiger partial charge in [0.05, 0.1) is 5.56 Å². The van der Waals surface area contributed by atoms with Gasteiger partial charge >= 0.3 is 0 Å². The fraction of sp³-hybridized carbons (Fsp3) is 0.0625. The van der Waals surface area contributed by atoms with Gasteiger partial charge in [0.15, 0.2) is 11.6 Å².